The fraction of sp³-hybridized carbons (Fsp3) is 0.476. The SMILES string of the molecule is CC.CC#N.CC1COc2c(N3CCC(CN)C3)c(F)cc3c(=O)c(C(=O)O)cn1c23.COc1c(N2CCC(CC#N)C2)c(F)cc2c(=O)c(C(=O)O)cn(C3CC3)c12. The molecule has 0 bridgehead atoms. The van der Waals surface area contributed by atoms with Crippen LogP contribution in [-0.4, -0.2) is 77.7 Å². The first-order chi connectivity index (χ1) is 28.3. The van der Waals surface area contributed by atoms with Crippen LogP contribution in [0.15, 0.2) is 34.1 Å². The molecule has 2 saturated heterocycles. The number of carbonyl (C=O) groups is 2. The Morgan fingerprint density at radius 2 is 1.39 bits per heavy atom. The van der Waals surface area contributed by atoms with Gasteiger partial charge in [0.05, 0.1) is 47.1 Å². The van der Waals surface area contributed by atoms with E-state index in [9.17, 15) is 33.8 Å². The molecule has 3 fully saturated rings. The van der Waals surface area contributed by atoms with Crippen LogP contribution in [0.4, 0.5) is 20.2 Å². The Kier molecular flexibility index (Phi) is 13.8. The molecule has 3 aliphatic heterocycles. The van der Waals surface area contributed by atoms with Crippen molar-refractivity contribution < 1.29 is 38.1 Å². The second kappa shape index (κ2) is 18.6. The van der Waals surface area contributed by atoms with Crippen LogP contribution < -0.4 is 35.9 Å². The van der Waals surface area contributed by atoms with Crippen LogP contribution in [0, 0.1) is 46.1 Å². The largest absolute Gasteiger partial charge is 0.492 e. The highest BCUT2D eigenvalue weighted by Crippen LogP contribution is 2.45. The summed E-state index contributed by atoms with van der Waals surface area (Å²) in [5, 5.41) is 35.0. The topological polar surface area (TPSA) is 217 Å². The van der Waals surface area contributed by atoms with Gasteiger partial charge in [-0.2, -0.15) is 10.5 Å². The van der Waals surface area contributed by atoms with Crippen LogP contribution >= 0.6 is 0 Å². The van der Waals surface area contributed by atoms with Crippen LogP contribution in [-0.2, 0) is 0 Å². The highest BCUT2D eigenvalue weighted by atomic mass is 19.1. The van der Waals surface area contributed by atoms with E-state index in [4.69, 9.17) is 25.7 Å². The number of aromatic nitrogens is 2. The van der Waals surface area contributed by atoms with Crippen LogP contribution in [0.5, 0.6) is 11.5 Å². The molecule has 3 unspecified atom stereocenters. The van der Waals surface area contributed by atoms with Crippen molar-refractivity contribution in [1.82, 2.24) is 9.13 Å². The van der Waals surface area contributed by atoms with Crippen molar-refractivity contribution in [3.63, 3.8) is 0 Å². The zero-order chi connectivity index (χ0) is 43.3. The first-order valence-corrected chi connectivity index (χ1v) is 19.6. The highest BCUT2D eigenvalue weighted by Gasteiger charge is 2.35. The van der Waals surface area contributed by atoms with E-state index in [1.165, 1.54) is 26.4 Å². The standard InChI is InChI=1S/C20H20FN3O4.C18H20FN3O4.C2H3N.C2H6/c1-28-19-16-13(18(25)14(20(26)27)10-24(16)12-2-3-12)8-15(21)17(19)23-7-5-11(9-23)4-6-22;1-9-8-26-17-14-11(16(23)12(18(24)25)7-22(9)14)4-13(19)15(17)21-3-2-10(5-20)6-21;1-2-3;1-2/h8,10-12H,2-5,7,9H2,1H3,(H,26,27);4,7,9-10H,2-3,5-6,8,20H2,1H3,(H,24,25);1H3;1-2H3. The Hall–Kier alpha value is -6.20. The van der Waals surface area contributed by atoms with Gasteiger partial charge >= 0.3 is 11.9 Å². The fourth-order valence-electron chi connectivity index (χ4n) is 7.94. The van der Waals surface area contributed by atoms with Crippen LogP contribution in [0.25, 0.3) is 21.8 Å². The number of nitrogens with two attached hydrogens (primary N) is 1. The summed E-state index contributed by atoms with van der Waals surface area (Å²) in [6.45, 7) is 10.5. The number of nitrogens with zero attached hydrogens (tertiary/aromatic N) is 6. The van der Waals surface area contributed by atoms with Crippen LogP contribution in [0.3, 0.4) is 0 Å². The van der Waals surface area contributed by atoms with E-state index in [2.05, 4.69) is 6.07 Å². The molecule has 4 aromatic rings. The molecule has 0 amide bonds. The number of anilines is 2. The zero-order valence-corrected chi connectivity index (χ0v) is 33.8. The van der Waals surface area contributed by atoms with Gasteiger partial charge in [-0.15, -0.1) is 0 Å². The van der Waals surface area contributed by atoms with Gasteiger partial charge in [-0.25, -0.2) is 18.4 Å². The Labute approximate surface area is 339 Å². The average molecular weight is 818 g/mol. The number of halogens is 2. The first-order valence-electron chi connectivity index (χ1n) is 19.6. The van der Waals surface area contributed by atoms with E-state index in [-0.39, 0.29) is 63.9 Å². The van der Waals surface area contributed by atoms with Gasteiger partial charge in [0.2, 0.25) is 10.9 Å². The third-order valence-corrected chi connectivity index (χ3v) is 10.9. The number of methoxy groups -OCH3 is 1. The normalized spacial score (nSPS) is 18.9. The van der Waals surface area contributed by atoms with Gasteiger partial charge in [0.1, 0.15) is 29.1 Å². The smallest absolute Gasteiger partial charge is 0.341 e. The number of hydrogen-bond donors (Lipinski definition) is 3. The van der Waals surface area contributed by atoms with Crippen molar-refractivity contribution >= 4 is 45.1 Å². The van der Waals surface area contributed by atoms with Crippen molar-refractivity contribution in [2.75, 3.05) is 56.2 Å². The molecule has 17 heteroatoms. The molecule has 5 heterocycles. The molecule has 8 rings (SSSR count). The van der Waals surface area contributed by atoms with E-state index in [1.807, 2.05) is 30.6 Å². The minimum Gasteiger partial charge on any atom is -0.492 e. The fourth-order valence-corrected chi connectivity index (χ4v) is 7.94. The van der Waals surface area contributed by atoms with Gasteiger partial charge in [0, 0.05) is 58.0 Å². The van der Waals surface area contributed by atoms with Crippen molar-refractivity contribution in [1.29, 1.82) is 10.5 Å². The summed E-state index contributed by atoms with van der Waals surface area (Å²) in [5.41, 5.74) is 5.07. The Morgan fingerprint density at radius 3 is 1.90 bits per heavy atom. The molecule has 15 nitrogen and oxygen atoms in total. The summed E-state index contributed by atoms with van der Waals surface area (Å²) in [6, 6.07) is 6.07. The molecule has 0 radical (unpaired) electrons. The van der Waals surface area contributed by atoms with Crippen LogP contribution in [0.2, 0.25) is 0 Å². The van der Waals surface area contributed by atoms with E-state index in [1.54, 1.807) is 15.2 Å². The lowest BCUT2D eigenvalue weighted by Crippen LogP contribution is -2.29. The lowest BCUT2D eigenvalue weighted by Gasteiger charge is -2.31. The number of carboxylic acids is 2. The van der Waals surface area contributed by atoms with Gasteiger partial charge in [-0.05, 0) is 63.1 Å². The number of fused-ring (bicyclic) bond motifs is 1. The number of hydrogen-bond acceptors (Lipinski definition) is 11. The minimum absolute atomic E-state index is 0.0117. The Bertz CT molecular complexity index is 2470. The third-order valence-electron chi connectivity index (χ3n) is 10.9. The first kappa shape index (κ1) is 43.9. The van der Waals surface area contributed by atoms with Gasteiger partial charge < -0.3 is 44.4 Å². The number of pyridine rings is 2. The third kappa shape index (κ3) is 8.52. The number of aromatic carboxylic acids is 2. The second-order valence-electron chi connectivity index (χ2n) is 14.7. The maximum absolute atomic E-state index is 15.1. The predicted molar refractivity (Wildman–Crippen MR) is 218 cm³/mol. The number of carboxylic acid groups (broad SMARTS) is 2. The molecule has 2 aromatic heterocycles. The Morgan fingerprint density at radius 1 is 0.881 bits per heavy atom. The molecule has 2 aromatic carbocycles. The summed E-state index contributed by atoms with van der Waals surface area (Å²) < 4.78 is 44.9. The summed E-state index contributed by atoms with van der Waals surface area (Å²) in [7, 11) is 1.42. The van der Waals surface area contributed by atoms with Crippen molar-refractivity contribution in [2.45, 2.75) is 71.9 Å². The van der Waals surface area contributed by atoms with Crippen molar-refractivity contribution in [3.05, 3.63) is 67.7 Å². The van der Waals surface area contributed by atoms with Crippen molar-refractivity contribution in [2.24, 2.45) is 17.6 Å². The molecule has 1 saturated carbocycles. The molecule has 4 N–H and O–H groups in total. The van der Waals surface area contributed by atoms with Crippen molar-refractivity contribution in [3.8, 4) is 23.6 Å². The lowest BCUT2D eigenvalue weighted by molar-refractivity contribution is 0.0683. The molecule has 1 aliphatic carbocycles. The van der Waals surface area contributed by atoms with Gasteiger partial charge in [-0.3, -0.25) is 9.59 Å². The molecule has 0 spiro atoms. The van der Waals surface area contributed by atoms with Gasteiger partial charge in [0.25, 0.3) is 0 Å². The zero-order valence-electron chi connectivity index (χ0n) is 33.8. The molecular weight excluding hydrogens is 768 g/mol. The molecule has 4 aliphatic rings. The lowest BCUT2D eigenvalue weighted by atomic mass is 10.1. The molecule has 314 valence electrons. The van der Waals surface area contributed by atoms with E-state index in [0.29, 0.717) is 61.6 Å². The van der Waals surface area contributed by atoms with Gasteiger partial charge in [0.15, 0.2) is 23.1 Å². The predicted octanol–water partition coefficient (Wildman–Crippen LogP) is 6.06. The second-order valence-corrected chi connectivity index (χ2v) is 14.7. The minimum atomic E-state index is -1.33. The van der Waals surface area contributed by atoms with E-state index < -0.39 is 34.4 Å². The summed E-state index contributed by atoms with van der Waals surface area (Å²) in [6.07, 6.45) is 6.45. The maximum atomic E-state index is 15.1. The number of nitriles is 2. The summed E-state index contributed by atoms with van der Waals surface area (Å²) in [4.78, 5) is 51.9. The van der Waals surface area contributed by atoms with Crippen LogP contribution in [0.1, 0.15) is 92.6 Å². The quantitative estimate of drug-likeness (QED) is 0.185. The molecule has 59 heavy (non-hydrogen) atoms. The van der Waals surface area contributed by atoms with E-state index >= 15 is 4.39 Å². The average Bonchev–Trinajstić information content (AvgIpc) is 3.77. The summed E-state index contributed by atoms with van der Waals surface area (Å²) >= 11 is 0. The molecular formula is C42H49F2N7O8. The molecule has 3 atom stereocenters. The highest BCUT2D eigenvalue weighted by molar-refractivity contribution is 5.98. The van der Waals surface area contributed by atoms with E-state index in [0.717, 1.165) is 37.8 Å². The number of rotatable bonds is 8. The Balaban J connectivity index is 0.000000203. The number of ether oxygens (including phenoxy) is 2. The monoisotopic (exact) mass is 817 g/mol. The summed E-state index contributed by atoms with van der Waals surface area (Å²) in [5.74, 6) is -2.85. The maximum Gasteiger partial charge on any atom is 0.341 e. The number of benzene rings is 2. The van der Waals surface area contributed by atoms with Gasteiger partial charge in [-0.1, -0.05) is 13.8 Å².